The molecular formula is C8H9NO. The van der Waals surface area contributed by atoms with E-state index < -0.39 is 0 Å². The van der Waals surface area contributed by atoms with Gasteiger partial charge in [-0.2, -0.15) is 0 Å². The number of hydrogen-bond donors (Lipinski definition) is 1. The molecule has 0 heterocycles. The molecule has 0 radical (unpaired) electrons. The van der Waals surface area contributed by atoms with E-state index >= 15 is 0 Å². The van der Waals surface area contributed by atoms with Gasteiger partial charge in [-0.05, 0) is 31.3 Å². The Bertz CT molecular complexity index is 255. The molecule has 2 nitrogen and oxygen atoms in total. The number of nitrogens with zero attached hydrogens (tertiary/aromatic N) is 1. The summed E-state index contributed by atoms with van der Waals surface area (Å²) >= 11 is 0. The molecule has 1 aromatic carbocycles. The Hall–Kier alpha value is -1.31. The molecule has 2 heteroatoms. The Morgan fingerprint density at radius 3 is 2.70 bits per heavy atom. The molecule has 10 heavy (non-hydrogen) atoms. The summed E-state index contributed by atoms with van der Waals surface area (Å²) in [6.45, 7) is 5.22. The van der Waals surface area contributed by atoms with Crippen LogP contribution in [0.4, 0.5) is 5.69 Å². The highest BCUT2D eigenvalue weighted by Gasteiger charge is 1.95. The highest BCUT2D eigenvalue weighted by molar-refractivity contribution is 5.56. The second-order valence-corrected chi connectivity index (χ2v) is 2.15. The molecule has 0 aliphatic rings. The van der Waals surface area contributed by atoms with Crippen molar-refractivity contribution in [2.24, 2.45) is 4.99 Å². The lowest BCUT2D eigenvalue weighted by Crippen LogP contribution is -1.70. The van der Waals surface area contributed by atoms with Gasteiger partial charge in [0.05, 0.1) is 0 Å². The Balaban J connectivity index is 3.19. The summed E-state index contributed by atoms with van der Waals surface area (Å²) in [5.41, 5.74) is 1.55. The van der Waals surface area contributed by atoms with Crippen molar-refractivity contribution in [1.82, 2.24) is 0 Å². The molecule has 0 spiro atoms. The molecule has 0 aliphatic heterocycles. The van der Waals surface area contributed by atoms with E-state index in [1.54, 1.807) is 12.1 Å². The van der Waals surface area contributed by atoms with Crippen LogP contribution in [-0.2, 0) is 0 Å². The van der Waals surface area contributed by atoms with Crippen LogP contribution in [0.2, 0.25) is 0 Å². The molecule has 0 aromatic heterocycles. The van der Waals surface area contributed by atoms with Crippen molar-refractivity contribution in [1.29, 1.82) is 0 Å². The van der Waals surface area contributed by atoms with Crippen LogP contribution in [0, 0.1) is 6.92 Å². The fourth-order valence-corrected chi connectivity index (χ4v) is 0.767. The summed E-state index contributed by atoms with van der Waals surface area (Å²) in [5.74, 6) is 0.190. The number of aliphatic imine (C=N–C) groups is 1. The second kappa shape index (κ2) is 2.52. The first-order valence-corrected chi connectivity index (χ1v) is 3.00. The standard InChI is InChI=1S/C8H9NO/c1-6-3-4-7(9-2)8(10)5-6/h3-5,10H,2H2,1H3. The molecular weight excluding hydrogens is 126 g/mol. The van der Waals surface area contributed by atoms with Gasteiger partial charge in [0.2, 0.25) is 0 Å². The zero-order valence-electron chi connectivity index (χ0n) is 5.83. The highest BCUT2D eigenvalue weighted by Crippen LogP contribution is 2.25. The number of benzene rings is 1. The Labute approximate surface area is 59.9 Å². The number of phenols is 1. The lowest BCUT2D eigenvalue weighted by atomic mass is 10.2. The number of rotatable bonds is 1. The van der Waals surface area contributed by atoms with Gasteiger partial charge in [0, 0.05) is 0 Å². The van der Waals surface area contributed by atoms with Crippen molar-refractivity contribution in [3.05, 3.63) is 23.8 Å². The first-order chi connectivity index (χ1) is 4.74. The number of aromatic hydroxyl groups is 1. The van der Waals surface area contributed by atoms with E-state index in [0.29, 0.717) is 5.69 Å². The van der Waals surface area contributed by atoms with Crippen LogP contribution < -0.4 is 0 Å². The van der Waals surface area contributed by atoms with Gasteiger partial charge in [-0.1, -0.05) is 6.07 Å². The van der Waals surface area contributed by atoms with Crippen LogP contribution in [0.1, 0.15) is 5.56 Å². The average molecular weight is 135 g/mol. The predicted molar refractivity (Wildman–Crippen MR) is 42.1 cm³/mol. The van der Waals surface area contributed by atoms with Crippen molar-refractivity contribution in [2.75, 3.05) is 0 Å². The molecule has 52 valence electrons. The van der Waals surface area contributed by atoms with Gasteiger partial charge in [-0.15, -0.1) is 0 Å². The monoisotopic (exact) mass is 135 g/mol. The van der Waals surface area contributed by atoms with E-state index in [-0.39, 0.29) is 5.75 Å². The molecule has 1 aromatic rings. The molecule has 0 atom stereocenters. The second-order valence-electron chi connectivity index (χ2n) is 2.15. The van der Waals surface area contributed by atoms with Gasteiger partial charge < -0.3 is 5.11 Å². The molecule has 0 aliphatic carbocycles. The van der Waals surface area contributed by atoms with Crippen molar-refractivity contribution < 1.29 is 5.11 Å². The van der Waals surface area contributed by atoms with Crippen LogP contribution >= 0.6 is 0 Å². The summed E-state index contributed by atoms with van der Waals surface area (Å²) in [6.07, 6.45) is 0. The smallest absolute Gasteiger partial charge is 0.141 e. The SMILES string of the molecule is C=Nc1ccc(C)cc1O. The molecule has 1 rings (SSSR count). The molecule has 0 fully saturated rings. The zero-order chi connectivity index (χ0) is 7.56. The molecule has 0 unspecified atom stereocenters. The van der Waals surface area contributed by atoms with E-state index in [2.05, 4.69) is 11.7 Å². The maximum atomic E-state index is 9.16. The van der Waals surface area contributed by atoms with E-state index in [9.17, 15) is 0 Å². The number of aryl methyl sites for hydroxylation is 1. The summed E-state index contributed by atoms with van der Waals surface area (Å²) in [7, 11) is 0. The maximum Gasteiger partial charge on any atom is 0.141 e. The van der Waals surface area contributed by atoms with Gasteiger partial charge in [0.25, 0.3) is 0 Å². The van der Waals surface area contributed by atoms with Crippen LogP contribution in [-0.4, -0.2) is 11.8 Å². The van der Waals surface area contributed by atoms with E-state index in [0.717, 1.165) is 5.56 Å². The number of phenolic OH excluding ortho intramolecular Hbond substituents is 1. The predicted octanol–water partition coefficient (Wildman–Crippen LogP) is 2.03. The minimum atomic E-state index is 0.190. The zero-order valence-corrected chi connectivity index (χ0v) is 5.83. The summed E-state index contributed by atoms with van der Waals surface area (Å²) in [4.78, 5) is 3.61. The van der Waals surface area contributed by atoms with Crippen LogP contribution in [0.5, 0.6) is 5.75 Å². The first-order valence-electron chi connectivity index (χ1n) is 3.00. The quantitative estimate of drug-likeness (QED) is 0.587. The molecule has 0 amide bonds. The van der Waals surface area contributed by atoms with Crippen molar-refractivity contribution in [3.63, 3.8) is 0 Å². The average Bonchev–Trinajstić information content (AvgIpc) is 1.88. The fraction of sp³-hybridized carbons (Fsp3) is 0.125. The third-order valence-corrected chi connectivity index (χ3v) is 1.30. The molecule has 0 saturated carbocycles. The first kappa shape index (κ1) is 6.81. The van der Waals surface area contributed by atoms with E-state index in [1.807, 2.05) is 13.0 Å². The normalized spacial score (nSPS) is 9.30. The Kier molecular flexibility index (Phi) is 1.71. The van der Waals surface area contributed by atoms with E-state index in [4.69, 9.17) is 5.11 Å². The van der Waals surface area contributed by atoms with Crippen molar-refractivity contribution in [3.8, 4) is 5.75 Å². The maximum absolute atomic E-state index is 9.16. The third kappa shape index (κ3) is 1.16. The van der Waals surface area contributed by atoms with Crippen LogP contribution in [0.3, 0.4) is 0 Å². The minimum Gasteiger partial charge on any atom is -0.506 e. The lowest BCUT2D eigenvalue weighted by Gasteiger charge is -1.97. The number of hydrogen-bond acceptors (Lipinski definition) is 2. The van der Waals surface area contributed by atoms with Gasteiger partial charge in [-0.25, -0.2) is 0 Å². The summed E-state index contributed by atoms with van der Waals surface area (Å²) in [5, 5.41) is 9.16. The van der Waals surface area contributed by atoms with Gasteiger partial charge >= 0.3 is 0 Å². The van der Waals surface area contributed by atoms with Gasteiger partial charge in [-0.3, -0.25) is 4.99 Å². The topological polar surface area (TPSA) is 32.6 Å². The lowest BCUT2D eigenvalue weighted by molar-refractivity contribution is 0.476. The van der Waals surface area contributed by atoms with E-state index in [1.165, 1.54) is 0 Å². The third-order valence-electron chi connectivity index (χ3n) is 1.30. The van der Waals surface area contributed by atoms with Crippen molar-refractivity contribution in [2.45, 2.75) is 6.92 Å². The summed E-state index contributed by atoms with van der Waals surface area (Å²) in [6, 6.07) is 5.27. The van der Waals surface area contributed by atoms with Crippen molar-refractivity contribution >= 4 is 12.4 Å². The molecule has 1 N–H and O–H groups in total. The highest BCUT2D eigenvalue weighted by atomic mass is 16.3. The Morgan fingerprint density at radius 1 is 1.50 bits per heavy atom. The van der Waals surface area contributed by atoms with Crippen LogP contribution in [0.25, 0.3) is 0 Å². The Morgan fingerprint density at radius 2 is 2.20 bits per heavy atom. The minimum absolute atomic E-state index is 0.190. The molecule has 0 saturated heterocycles. The van der Waals surface area contributed by atoms with Crippen LogP contribution in [0.15, 0.2) is 23.2 Å². The van der Waals surface area contributed by atoms with Gasteiger partial charge in [0.15, 0.2) is 0 Å². The fourth-order valence-electron chi connectivity index (χ4n) is 0.767. The van der Waals surface area contributed by atoms with Gasteiger partial charge in [0.1, 0.15) is 11.4 Å². The largest absolute Gasteiger partial charge is 0.506 e. The molecule has 0 bridgehead atoms. The summed E-state index contributed by atoms with van der Waals surface area (Å²) < 4.78 is 0.